The van der Waals surface area contributed by atoms with E-state index in [2.05, 4.69) is 78.5 Å². The zero-order valence-electron chi connectivity index (χ0n) is 12.3. The van der Waals surface area contributed by atoms with Gasteiger partial charge >= 0.3 is 0 Å². The summed E-state index contributed by atoms with van der Waals surface area (Å²) in [5, 5.41) is 3.44. The zero-order chi connectivity index (χ0) is 15.4. The Morgan fingerprint density at radius 1 is 1.10 bits per heavy atom. The molecule has 0 aromatic heterocycles. The molecule has 2 aromatic carbocycles. The highest BCUT2D eigenvalue weighted by Crippen LogP contribution is 2.34. The molecule has 2 rings (SSSR count). The molecule has 0 aliphatic rings. The van der Waals surface area contributed by atoms with E-state index in [1.54, 1.807) is 7.11 Å². The molecular formula is C16H18Br2N2O. The zero-order valence-corrected chi connectivity index (χ0v) is 15.5. The summed E-state index contributed by atoms with van der Waals surface area (Å²) in [6.45, 7) is 0.748. The first-order valence-electron chi connectivity index (χ1n) is 6.54. The Kier molecular flexibility index (Phi) is 5.53. The molecule has 0 heterocycles. The fourth-order valence-corrected chi connectivity index (χ4v) is 3.61. The Balaban J connectivity index is 2.11. The Bertz CT molecular complexity index is 606. The van der Waals surface area contributed by atoms with E-state index in [0.717, 1.165) is 26.9 Å². The first-order chi connectivity index (χ1) is 10.0. The molecule has 0 saturated carbocycles. The monoisotopic (exact) mass is 412 g/mol. The minimum Gasteiger partial charge on any atom is -0.494 e. The van der Waals surface area contributed by atoms with Crippen molar-refractivity contribution < 1.29 is 4.74 Å². The fraction of sp³-hybridized carbons (Fsp3) is 0.250. The lowest BCUT2D eigenvalue weighted by Crippen LogP contribution is -2.09. The smallest absolute Gasteiger partial charge is 0.147 e. The molecule has 0 fully saturated rings. The molecule has 0 radical (unpaired) electrons. The minimum absolute atomic E-state index is 0.748. The van der Waals surface area contributed by atoms with Crippen LogP contribution in [0.5, 0.6) is 5.75 Å². The molecule has 0 spiro atoms. The molecule has 0 unspecified atom stereocenters. The lowest BCUT2D eigenvalue weighted by atomic mass is 10.2. The summed E-state index contributed by atoms with van der Waals surface area (Å²) in [7, 11) is 5.74. The van der Waals surface area contributed by atoms with Gasteiger partial charge in [0.1, 0.15) is 5.75 Å². The Labute approximate surface area is 142 Å². The van der Waals surface area contributed by atoms with Gasteiger partial charge in [0.2, 0.25) is 0 Å². The Morgan fingerprint density at radius 2 is 1.76 bits per heavy atom. The second-order valence-corrected chi connectivity index (χ2v) is 6.60. The van der Waals surface area contributed by atoms with Crippen LogP contribution in [-0.4, -0.2) is 21.2 Å². The molecular weight excluding hydrogens is 396 g/mol. The first-order valence-corrected chi connectivity index (χ1v) is 8.13. The van der Waals surface area contributed by atoms with Gasteiger partial charge in [0, 0.05) is 32.0 Å². The highest BCUT2D eigenvalue weighted by Gasteiger charge is 2.07. The summed E-state index contributed by atoms with van der Waals surface area (Å²) >= 11 is 7.05. The molecule has 0 saturated heterocycles. The number of benzene rings is 2. The number of hydrogen-bond acceptors (Lipinski definition) is 3. The van der Waals surface area contributed by atoms with Gasteiger partial charge < -0.3 is 15.0 Å². The summed E-state index contributed by atoms with van der Waals surface area (Å²) in [4.78, 5) is 2.09. The average molecular weight is 414 g/mol. The minimum atomic E-state index is 0.748. The van der Waals surface area contributed by atoms with E-state index in [1.165, 1.54) is 11.3 Å². The lowest BCUT2D eigenvalue weighted by Gasteiger charge is -2.15. The summed E-state index contributed by atoms with van der Waals surface area (Å²) in [5.74, 6) is 0.813. The number of anilines is 2. The van der Waals surface area contributed by atoms with Crippen LogP contribution in [0.1, 0.15) is 5.56 Å². The Morgan fingerprint density at radius 3 is 2.33 bits per heavy atom. The van der Waals surface area contributed by atoms with Crippen LogP contribution in [0.25, 0.3) is 0 Å². The van der Waals surface area contributed by atoms with Gasteiger partial charge in [0.05, 0.1) is 16.1 Å². The van der Waals surface area contributed by atoms with Gasteiger partial charge in [-0.15, -0.1) is 0 Å². The predicted octanol–water partition coefficient (Wildman–Crippen LogP) is 4.90. The van der Waals surface area contributed by atoms with E-state index in [1.807, 2.05) is 14.1 Å². The van der Waals surface area contributed by atoms with E-state index < -0.39 is 0 Å². The highest BCUT2D eigenvalue weighted by molar-refractivity contribution is 9.11. The Hall–Kier alpha value is -1.20. The number of nitrogens with zero attached hydrogens (tertiary/aromatic N) is 1. The number of nitrogens with one attached hydrogen (secondary N) is 1. The van der Waals surface area contributed by atoms with Gasteiger partial charge in [-0.05, 0) is 67.8 Å². The van der Waals surface area contributed by atoms with E-state index in [4.69, 9.17) is 4.74 Å². The van der Waals surface area contributed by atoms with Gasteiger partial charge in [-0.2, -0.15) is 0 Å². The van der Waals surface area contributed by atoms with Crippen LogP contribution in [0.15, 0.2) is 45.3 Å². The van der Waals surface area contributed by atoms with E-state index in [-0.39, 0.29) is 0 Å². The largest absolute Gasteiger partial charge is 0.494 e. The summed E-state index contributed by atoms with van der Waals surface area (Å²) in [6.07, 6.45) is 0. The van der Waals surface area contributed by atoms with Gasteiger partial charge in [-0.3, -0.25) is 0 Å². The van der Waals surface area contributed by atoms with Crippen molar-refractivity contribution in [2.45, 2.75) is 6.54 Å². The molecule has 0 amide bonds. The van der Waals surface area contributed by atoms with Crippen molar-refractivity contribution in [3.63, 3.8) is 0 Å². The SMILES string of the molecule is COc1c(Br)cc(CNc2cccc(N(C)C)c2)cc1Br. The first kappa shape index (κ1) is 16.2. The number of halogens is 2. The third kappa shape index (κ3) is 4.14. The third-order valence-electron chi connectivity index (χ3n) is 3.12. The molecule has 5 heteroatoms. The van der Waals surface area contributed by atoms with Crippen molar-refractivity contribution in [1.82, 2.24) is 0 Å². The lowest BCUT2D eigenvalue weighted by molar-refractivity contribution is 0.409. The topological polar surface area (TPSA) is 24.5 Å². The van der Waals surface area contributed by atoms with Gasteiger partial charge in [-0.25, -0.2) is 0 Å². The van der Waals surface area contributed by atoms with Crippen molar-refractivity contribution in [3.05, 3.63) is 50.9 Å². The van der Waals surface area contributed by atoms with Crippen molar-refractivity contribution >= 4 is 43.2 Å². The van der Waals surface area contributed by atoms with E-state index >= 15 is 0 Å². The summed E-state index contributed by atoms with van der Waals surface area (Å²) < 4.78 is 7.20. The molecule has 0 atom stereocenters. The summed E-state index contributed by atoms with van der Waals surface area (Å²) in [6, 6.07) is 12.5. The quantitative estimate of drug-likeness (QED) is 0.754. The summed E-state index contributed by atoms with van der Waals surface area (Å²) in [5.41, 5.74) is 3.45. The maximum absolute atomic E-state index is 5.32. The highest BCUT2D eigenvalue weighted by atomic mass is 79.9. The van der Waals surface area contributed by atoms with Crippen LogP contribution in [-0.2, 0) is 6.54 Å². The number of methoxy groups -OCH3 is 1. The molecule has 0 bridgehead atoms. The van der Waals surface area contributed by atoms with Crippen LogP contribution in [0.4, 0.5) is 11.4 Å². The molecule has 0 aliphatic carbocycles. The average Bonchev–Trinajstić information content (AvgIpc) is 2.45. The second kappa shape index (κ2) is 7.18. The second-order valence-electron chi connectivity index (χ2n) is 4.89. The van der Waals surface area contributed by atoms with Gasteiger partial charge in [0.15, 0.2) is 0 Å². The van der Waals surface area contributed by atoms with Crippen LogP contribution in [0.2, 0.25) is 0 Å². The number of hydrogen-bond donors (Lipinski definition) is 1. The number of rotatable bonds is 5. The molecule has 1 N–H and O–H groups in total. The normalized spacial score (nSPS) is 10.3. The van der Waals surface area contributed by atoms with Crippen molar-refractivity contribution in [3.8, 4) is 5.75 Å². The standard InChI is InChI=1S/C16H18Br2N2O/c1-20(2)13-6-4-5-12(9-13)19-10-11-7-14(17)16(21-3)15(18)8-11/h4-9,19H,10H2,1-3H3. The van der Waals surface area contributed by atoms with Crippen molar-refractivity contribution in [1.29, 1.82) is 0 Å². The van der Waals surface area contributed by atoms with E-state index in [0.29, 0.717) is 0 Å². The van der Waals surface area contributed by atoms with Gasteiger partial charge in [-0.1, -0.05) is 6.07 Å². The van der Waals surface area contributed by atoms with Crippen molar-refractivity contribution in [2.75, 3.05) is 31.4 Å². The molecule has 0 aliphatic heterocycles. The molecule has 2 aromatic rings. The van der Waals surface area contributed by atoms with Crippen LogP contribution in [0, 0.1) is 0 Å². The van der Waals surface area contributed by atoms with E-state index in [9.17, 15) is 0 Å². The molecule has 3 nitrogen and oxygen atoms in total. The van der Waals surface area contributed by atoms with Crippen LogP contribution >= 0.6 is 31.9 Å². The van der Waals surface area contributed by atoms with Crippen LogP contribution in [0.3, 0.4) is 0 Å². The maximum atomic E-state index is 5.32. The van der Waals surface area contributed by atoms with Crippen molar-refractivity contribution in [2.24, 2.45) is 0 Å². The fourth-order valence-electron chi connectivity index (χ4n) is 2.01. The maximum Gasteiger partial charge on any atom is 0.147 e. The third-order valence-corrected chi connectivity index (χ3v) is 4.30. The predicted molar refractivity (Wildman–Crippen MR) is 96.5 cm³/mol. The number of ether oxygens (including phenoxy) is 1. The molecule has 112 valence electrons. The van der Waals surface area contributed by atoms with Gasteiger partial charge in [0.25, 0.3) is 0 Å². The van der Waals surface area contributed by atoms with Crippen LogP contribution < -0.4 is 15.0 Å². The molecule has 21 heavy (non-hydrogen) atoms.